The number of carbonyl (C=O) groups excluding carboxylic acids is 1. The molecule has 0 aliphatic rings. The van der Waals surface area contributed by atoms with Gasteiger partial charge in [-0.15, -0.1) is 0 Å². The molecular formula is C9H15N3O2. The van der Waals surface area contributed by atoms with Crippen LogP contribution >= 0.6 is 0 Å². The molecule has 0 aliphatic carbocycles. The van der Waals surface area contributed by atoms with E-state index in [4.69, 9.17) is 10.2 Å². The second kappa shape index (κ2) is 4.23. The zero-order valence-electron chi connectivity index (χ0n) is 8.63. The third kappa shape index (κ3) is 2.32. The van der Waals surface area contributed by atoms with Crippen LogP contribution in [-0.4, -0.2) is 23.5 Å². The van der Waals surface area contributed by atoms with Crippen LogP contribution in [0, 0.1) is 13.8 Å². The summed E-state index contributed by atoms with van der Waals surface area (Å²) in [5.74, 6) is 0.497. The fourth-order valence-corrected chi connectivity index (χ4v) is 1.09. The number of aryl methyl sites for hydroxylation is 2. The van der Waals surface area contributed by atoms with E-state index < -0.39 is 0 Å². The third-order valence-electron chi connectivity index (χ3n) is 1.84. The molecule has 5 nitrogen and oxygen atoms in total. The predicted octanol–water partition coefficient (Wildman–Crippen LogP) is 0.368. The van der Waals surface area contributed by atoms with Gasteiger partial charge in [-0.3, -0.25) is 4.79 Å². The summed E-state index contributed by atoms with van der Waals surface area (Å²) in [6.45, 7) is 5.67. The number of aromatic nitrogens is 1. The van der Waals surface area contributed by atoms with E-state index in [1.165, 1.54) is 0 Å². The van der Waals surface area contributed by atoms with Crippen molar-refractivity contribution in [1.29, 1.82) is 0 Å². The Labute approximate surface area is 82.7 Å². The van der Waals surface area contributed by atoms with Crippen LogP contribution in [0.15, 0.2) is 4.42 Å². The molecule has 0 spiro atoms. The standard InChI is InChI=1S/C9H15N3O2/c1-5(4-10)11-9(13)8-6(2)12-7(3)14-8/h5H,4,10H2,1-3H3,(H,11,13)/t5-/m0/s1. The average Bonchev–Trinajstić information content (AvgIpc) is 2.45. The number of hydrogen-bond acceptors (Lipinski definition) is 4. The maximum atomic E-state index is 11.5. The molecule has 1 rings (SSSR count). The average molecular weight is 197 g/mol. The summed E-state index contributed by atoms with van der Waals surface area (Å²) in [4.78, 5) is 15.6. The van der Waals surface area contributed by atoms with Crippen LogP contribution in [-0.2, 0) is 0 Å². The molecule has 1 aromatic rings. The first-order valence-electron chi connectivity index (χ1n) is 4.49. The minimum Gasteiger partial charge on any atom is -0.436 e. The highest BCUT2D eigenvalue weighted by atomic mass is 16.4. The van der Waals surface area contributed by atoms with Crippen molar-refractivity contribution in [2.45, 2.75) is 26.8 Å². The summed E-state index contributed by atoms with van der Waals surface area (Å²) >= 11 is 0. The normalized spacial score (nSPS) is 12.6. The smallest absolute Gasteiger partial charge is 0.289 e. The van der Waals surface area contributed by atoms with E-state index in [-0.39, 0.29) is 17.7 Å². The van der Waals surface area contributed by atoms with Gasteiger partial charge in [0, 0.05) is 19.5 Å². The van der Waals surface area contributed by atoms with Gasteiger partial charge in [0.15, 0.2) is 5.89 Å². The van der Waals surface area contributed by atoms with Gasteiger partial charge in [-0.2, -0.15) is 0 Å². The molecule has 0 unspecified atom stereocenters. The van der Waals surface area contributed by atoms with Gasteiger partial charge in [0.1, 0.15) is 0 Å². The first kappa shape index (κ1) is 10.7. The SMILES string of the molecule is Cc1nc(C)c(C(=O)N[C@@H](C)CN)o1. The van der Waals surface area contributed by atoms with Crippen molar-refractivity contribution in [3.63, 3.8) is 0 Å². The number of nitrogens with two attached hydrogens (primary N) is 1. The van der Waals surface area contributed by atoms with Crippen molar-refractivity contribution in [3.8, 4) is 0 Å². The van der Waals surface area contributed by atoms with E-state index in [2.05, 4.69) is 10.3 Å². The van der Waals surface area contributed by atoms with E-state index in [1.54, 1.807) is 13.8 Å². The van der Waals surface area contributed by atoms with Gasteiger partial charge < -0.3 is 15.5 Å². The predicted molar refractivity (Wildman–Crippen MR) is 52.0 cm³/mol. The number of carbonyl (C=O) groups is 1. The minimum absolute atomic E-state index is 0.0627. The fourth-order valence-electron chi connectivity index (χ4n) is 1.09. The van der Waals surface area contributed by atoms with Gasteiger partial charge in [0.2, 0.25) is 5.76 Å². The molecule has 0 saturated heterocycles. The lowest BCUT2D eigenvalue weighted by Crippen LogP contribution is -2.37. The molecule has 0 aliphatic heterocycles. The molecule has 1 atom stereocenters. The van der Waals surface area contributed by atoms with Crippen LogP contribution in [0.1, 0.15) is 29.1 Å². The van der Waals surface area contributed by atoms with Gasteiger partial charge in [-0.25, -0.2) is 4.98 Å². The van der Waals surface area contributed by atoms with Crippen molar-refractivity contribution in [3.05, 3.63) is 17.3 Å². The molecule has 3 N–H and O–H groups in total. The number of rotatable bonds is 3. The summed E-state index contributed by atoms with van der Waals surface area (Å²) in [6.07, 6.45) is 0. The summed E-state index contributed by atoms with van der Waals surface area (Å²) < 4.78 is 5.16. The highest BCUT2D eigenvalue weighted by molar-refractivity contribution is 5.92. The number of nitrogens with one attached hydrogen (secondary N) is 1. The topological polar surface area (TPSA) is 81.2 Å². The number of amides is 1. The number of hydrogen-bond donors (Lipinski definition) is 2. The first-order valence-corrected chi connectivity index (χ1v) is 4.49. The van der Waals surface area contributed by atoms with E-state index in [0.29, 0.717) is 18.1 Å². The molecule has 1 heterocycles. The van der Waals surface area contributed by atoms with E-state index in [9.17, 15) is 4.79 Å². The van der Waals surface area contributed by atoms with Crippen LogP contribution in [0.2, 0.25) is 0 Å². The largest absolute Gasteiger partial charge is 0.436 e. The van der Waals surface area contributed by atoms with Crippen LogP contribution in [0.4, 0.5) is 0 Å². The number of oxazole rings is 1. The van der Waals surface area contributed by atoms with Crippen molar-refractivity contribution in [1.82, 2.24) is 10.3 Å². The molecule has 1 aromatic heterocycles. The lowest BCUT2D eigenvalue weighted by molar-refractivity contribution is 0.0911. The van der Waals surface area contributed by atoms with E-state index in [0.717, 1.165) is 0 Å². The molecule has 5 heteroatoms. The van der Waals surface area contributed by atoms with Gasteiger partial charge in [-0.1, -0.05) is 0 Å². The Kier molecular flexibility index (Phi) is 3.24. The Balaban J connectivity index is 2.74. The highest BCUT2D eigenvalue weighted by Gasteiger charge is 2.16. The van der Waals surface area contributed by atoms with Crippen LogP contribution in [0.25, 0.3) is 0 Å². The summed E-state index contributed by atoms with van der Waals surface area (Å²) in [5, 5.41) is 2.70. The Hall–Kier alpha value is -1.36. The summed E-state index contributed by atoms with van der Waals surface area (Å²) in [5.41, 5.74) is 5.98. The molecule has 78 valence electrons. The lowest BCUT2D eigenvalue weighted by atomic mass is 10.3. The lowest BCUT2D eigenvalue weighted by Gasteiger charge is -2.09. The van der Waals surface area contributed by atoms with Crippen LogP contribution < -0.4 is 11.1 Å². The minimum atomic E-state index is -0.263. The Morgan fingerprint density at radius 1 is 1.64 bits per heavy atom. The quantitative estimate of drug-likeness (QED) is 0.733. The van der Waals surface area contributed by atoms with Gasteiger partial charge in [0.25, 0.3) is 5.91 Å². The highest BCUT2D eigenvalue weighted by Crippen LogP contribution is 2.08. The molecule has 14 heavy (non-hydrogen) atoms. The molecular weight excluding hydrogens is 182 g/mol. The van der Waals surface area contributed by atoms with Crippen LogP contribution in [0.3, 0.4) is 0 Å². The molecule has 1 amide bonds. The third-order valence-corrected chi connectivity index (χ3v) is 1.84. The monoisotopic (exact) mass is 197 g/mol. The second-order valence-electron chi connectivity index (χ2n) is 3.26. The Morgan fingerprint density at radius 3 is 2.71 bits per heavy atom. The summed E-state index contributed by atoms with van der Waals surface area (Å²) in [7, 11) is 0. The molecule has 0 radical (unpaired) electrons. The summed E-state index contributed by atoms with van der Waals surface area (Å²) in [6, 6.07) is -0.0627. The van der Waals surface area contributed by atoms with Gasteiger partial charge in [0.05, 0.1) is 5.69 Å². The molecule has 0 bridgehead atoms. The Morgan fingerprint density at radius 2 is 2.29 bits per heavy atom. The van der Waals surface area contributed by atoms with Gasteiger partial charge >= 0.3 is 0 Å². The Bertz CT molecular complexity index is 333. The maximum absolute atomic E-state index is 11.5. The molecule has 0 aromatic carbocycles. The molecule has 0 saturated carbocycles. The fraction of sp³-hybridized carbons (Fsp3) is 0.556. The van der Waals surface area contributed by atoms with Crippen LogP contribution in [0.5, 0.6) is 0 Å². The van der Waals surface area contributed by atoms with E-state index in [1.807, 2.05) is 6.92 Å². The zero-order chi connectivity index (χ0) is 10.7. The van der Waals surface area contributed by atoms with Crippen molar-refractivity contribution in [2.75, 3.05) is 6.54 Å². The second-order valence-corrected chi connectivity index (χ2v) is 3.26. The number of nitrogens with zero attached hydrogens (tertiary/aromatic N) is 1. The molecule has 0 fully saturated rings. The van der Waals surface area contributed by atoms with Crippen molar-refractivity contribution in [2.24, 2.45) is 5.73 Å². The maximum Gasteiger partial charge on any atom is 0.289 e. The van der Waals surface area contributed by atoms with Gasteiger partial charge in [-0.05, 0) is 13.8 Å². The van der Waals surface area contributed by atoms with Crippen molar-refractivity contribution < 1.29 is 9.21 Å². The zero-order valence-corrected chi connectivity index (χ0v) is 8.63. The van der Waals surface area contributed by atoms with E-state index >= 15 is 0 Å². The first-order chi connectivity index (χ1) is 6.54. The van der Waals surface area contributed by atoms with Crippen molar-refractivity contribution >= 4 is 5.91 Å².